The summed E-state index contributed by atoms with van der Waals surface area (Å²) in [6.07, 6.45) is 9.81. The van der Waals surface area contributed by atoms with Crippen LogP contribution in [-0.4, -0.2) is 82.2 Å². The van der Waals surface area contributed by atoms with Crippen LogP contribution in [0.1, 0.15) is 77.6 Å². The van der Waals surface area contributed by atoms with Gasteiger partial charge < -0.3 is 39.7 Å². The molecule has 31 heavy (non-hydrogen) atoms. The van der Waals surface area contributed by atoms with Gasteiger partial charge >= 0.3 is 0 Å². The van der Waals surface area contributed by atoms with E-state index >= 15 is 0 Å². The van der Waals surface area contributed by atoms with Crippen molar-refractivity contribution in [3.8, 4) is 0 Å². The molecule has 8 nitrogen and oxygen atoms in total. The van der Waals surface area contributed by atoms with Gasteiger partial charge in [-0.2, -0.15) is 0 Å². The summed E-state index contributed by atoms with van der Waals surface area (Å²) >= 11 is 0. The molecule has 1 saturated heterocycles. The van der Waals surface area contributed by atoms with Crippen molar-refractivity contribution >= 4 is 0 Å². The van der Waals surface area contributed by atoms with E-state index in [1.165, 1.54) is 57.8 Å². The van der Waals surface area contributed by atoms with Crippen molar-refractivity contribution in [2.24, 2.45) is 0 Å². The van der Waals surface area contributed by atoms with E-state index in [2.05, 4.69) is 6.92 Å². The summed E-state index contributed by atoms with van der Waals surface area (Å²) in [6.45, 7) is 1.55. The van der Waals surface area contributed by atoms with Crippen molar-refractivity contribution in [2.75, 3.05) is 19.8 Å². The lowest BCUT2D eigenvalue weighted by atomic mass is 9.99. The van der Waals surface area contributed by atoms with E-state index in [-0.39, 0.29) is 13.2 Å². The maximum atomic E-state index is 9.92. The topological polar surface area (TPSA) is 129 Å². The van der Waals surface area contributed by atoms with Crippen molar-refractivity contribution in [1.29, 1.82) is 0 Å². The third-order valence-electron chi connectivity index (χ3n) is 5.51. The predicted molar refractivity (Wildman–Crippen MR) is 117 cm³/mol. The van der Waals surface area contributed by atoms with Gasteiger partial charge in [-0.15, -0.1) is 0 Å². The number of aliphatic hydroxyl groups excluding tert-OH is 5. The molecule has 0 bridgehead atoms. The molecular formula is C23H44O8. The Bertz CT molecular complexity index is 445. The first kappa shape index (κ1) is 28.3. The largest absolute Gasteiger partial charge is 0.499 e. The Morgan fingerprint density at radius 1 is 0.839 bits per heavy atom. The van der Waals surface area contributed by atoms with Gasteiger partial charge in [0.2, 0.25) is 0 Å². The van der Waals surface area contributed by atoms with E-state index in [9.17, 15) is 20.4 Å². The minimum atomic E-state index is -1.50. The molecule has 1 aliphatic heterocycles. The maximum Gasteiger partial charge on any atom is 0.186 e. The van der Waals surface area contributed by atoms with E-state index in [0.29, 0.717) is 0 Å². The van der Waals surface area contributed by atoms with Gasteiger partial charge in [-0.1, -0.05) is 64.7 Å². The predicted octanol–water partition coefficient (Wildman–Crippen LogP) is 2.01. The third-order valence-corrected chi connectivity index (χ3v) is 5.51. The maximum absolute atomic E-state index is 9.92. The Morgan fingerprint density at radius 3 is 2.06 bits per heavy atom. The van der Waals surface area contributed by atoms with Crippen molar-refractivity contribution < 1.29 is 39.7 Å². The van der Waals surface area contributed by atoms with Gasteiger partial charge in [0.15, 0.2) is 6.29 Å². The third kappa shape index (κ3) is 12.2. The Kier molecular flexibility index (Phi) is 16.2. The molecule has 1 aliphatic rings. The highest BCUT2D eigenvalue weighted by Gasteiger charge is 2.44. The van der Waals surface area contributed by atoms with Gasteiger partial charge in [0.05, 0.1) is 19.5 Å². The van der Waals surface area contributed by atoms with E-state index in [0.717, 1.165) is 12.8 Å². The number of allylic oxidation sites excluding steroid dienone is 1. The standard InChI is InChI=1S/C23H44O8/c1-2-3-4-5-6-7-8-9-10-11-12-13-14-29-16-18(25)17-30-23-22(28)21(27)20(26)19(15-24)31-23/h13-14,18-28H,2-12,15-17H2,1H3/t18?,19-,20+,21+,22-,23-/m1/s1. The number of hydrogen-bond donors (Lipinski definition) is 5. The Morgan fingerprint density at radius 2 is 1.45 bits per heavy atom. The SMILES string of the molecule is CCCCCCCCCCCCC=COCC(O)CO[C@@H]1O[C@H](CO)[C@H](O)[C@H](O)[C@H]1O. The van der Waals surface area contributed by atoms with Crippen LogP contribution in [0.3, 0.4) is 0 Å². The summed E-state index contributed by atoms with van der Waals surface area (Å²) < 4.78 is 15.8. The molecule has 5 N–H and O–H groups in total. The van der Waals surface area contributed by atoms with Crippen molar-refractivity contribution in [3.63, 3.8) is 0 Å². The van der Waals surface area contributed by atoms with Crippen LogP contribution in [0.4, 0.5) is 0 Å². The van der Waals surface area contributed by atoms with Gasteiger partial charge in [0.25, 0.3) is 0 Å². The average molecular weight is 449 g/mol. The monoisotopic (exact) mass is 448 g/mol. The molecule has 1 fully saturated rings. The van der Waals surface area contributed by atoms with Crippen LogP contribution in [0.5, 0.6) is 0 Å². The van der Waals surface area contributed by atoms with Gasteiger partial charge in [0.1, 0.15) is 37.1 Å². The average Bonchev–Trinajstić information content (AvgIpc) is 2.77. The van der Waals surface area contributed by atoms with Crippen LogP contribution in [0.15, 0.2) is 12.3 Å². The number of rotatable bonds is 18. The van der Waals surface area contributed by atoms with Crippen LogP contribution in [0.2, 0.25) is 0 Å². The highest BCUT2D eigenvalue weighted by atomic mass is 16.7. The molecular weight excluding hydrogens is 404 g/mol. The summed E-state index contributed by atoms with van der Waals surface area (Å²) in [5.74, 6) is 0. The summed E-state index contributed by atoms with van der Waals surface area (Å²) in [7, 11) is 0. The smallest absolute Gasteiger partial charge is 0.186 e. The second-order valence-electron chi connectivity index (χ2n) is 8.36. The zero-order valence-corrected chi connectivity index (χ0v) is 19.0. The lowest BCUT2D eigenvalue weighted by molar-refractivity contribution is -0.304. The Balaban J connectivity index is 2.00. The van der Waals surface area contributed by atoms with Crippen molar-refractivity contribution in [1.82, 2.24) is 0 Å². The number of aliphatic hydroxyl groups is 5. The molecule has 0 aromatic carbocycles. The molecule has 0 aliphatic carbocycles. The van der Waals surface area contributed by atoms with Crippen LogP contribution in [0.25, 0.3) is 0 Å². The molecule has 0 spiro atoms. The Labute approximate surface area is 186 Å². The molecule has 1 unspecified atom stereocenters. The van der Waals surface area contributed by atoms with Crippen molar-refractivity contribution in [2.45, 2.75) is 114 Å². The van der Waals surface area contributed by atoms with Gasteiger partial charge in [0, 0.05) is 0 Å². The first-order chi connectivity index (χ1) is 15.0. The molecule has 0 radical (unpaired) electrons. The molecule has 184 valence electrons. The lowest BCUT2D eigenvalue weighted by Crippen LogP contribution is -2.59. The summed E-state index contributed by atoms with van der Waals surface area (Å²) in [6, 6.07) is 0. The Hall–Kier alpha value is -0.740. The van der Waals surface area contributed by atoms with Crippen LogP contribution >= 0.6 is 0 Å². The van der Waals surface area contributed by atoms with Crippen LogP contribution in [0, 0.1) is 0 Å². The number of unbranched alkanes of at least 4 members (excludes halogenated alkanes) is 10. The first-order valence-electron chi connectivity index (χ1n) is 11.9. The van der Waals surface area contributed by atoms with Crippen molar-refractivity contribution in [3.05, 3.63) is 12.3 Å². The molecule has 0 amide bonds. The van der Waals surface area contributed by atoms with Crippen LogP contribution in [-0.2, 0) is 14.2 Å². The fourth-order valence-electron chi connectivity index (χ4n) is 3.51. The van der Waals surface area contributed by atoms with E-state index in [1.807, 2.05) is 6.08 Å². The molecule has 0 saturated carbocycles. The molecule has 0 aromatic heterocycles. The van der Waals surface area contributed by atoms with E-state index < -0.39 is 43.4 Å². The zero-order valence-electron chi connectivity index (χ0n) is 19.0. The molecule has 1 heterocycles. The normalized spacial score (nSPS) is 27.6. The fraction of sp³-hybridized carbons (Fsp3) is 0.913. The van der Waals surface area contributed by atoms with E-state index in [4.69, 9.17) is 19.3 Å². The lowest BCUT2D eigenvalue weighted by Gasteiger charge is -2.39. The quantitative estimate of drug-likeness (QED) is 0.159. The molecule has 8 heteroatoms. The molecule has 1 rings (SSSR count). The first-order valence-corrected chi connectivity index (χ1v) is 11.9. The number of hydrogen-bond acceptors (Lipinski definition) is 8. The highest BCUT2D eigenvalue weighted by molar-refractivity contribution is 4.89. The second-order valence-corrected chi connectivity index (χ2v) is 8.36. The molecule has 6 atom stereocenters. The summed E-state index contributed by atoms with van der Waals surface area (Å²) in [5, 5.41) is 48.4. The summed E-state index contributed by atoms with van der Waals surface area (Å²) in [5.41, 5.74) is 0. The van der Waals surface area contributed by atoms with Gasteiger partial charge in [-0.25, -0.2) is 0 Å². The van der Waals surface area contributed by atoms with E-state index in [1.54, 1.807) is 6.26 Å². The minimum Gasteiger partial charge on any atom is -0.499 e. The van der Waals surface area contributed by atoms with Gasteiger partial charge in [-0.05, 0) is 18.9 Å². The number of ether oxygens (including phenoxy) is 3. The van der Waals surface area contributed by atoms with Gasteiger partial charge in [-0.3, -0.25) is 0 Å². The zero-order chi connectivity index (χ0) is 22.9. The van der Waals surface area contributed by atoms with Crippen LogP contribution < -0.4 is 0 Å². The minimum absolute atomic E-state index is 0.0198. The summed E-state index contributed by atoms with van der Waals surface area (Å²) in [4.78, 5) is 0. The molecule has 0 aromatic rings. The second kappa shape index (κ2) is 17.8. The highest BCUT2D eigenvalue weighted by Crippen LogP contribution is 2.22. The fourth-order valence-corrected chi connectivity index (χ4v) is 3.51.